The van der Waals surface area contributed by atoms with Gasteiger partial charge in [0, 0.05) is 5.56 Å². The zero-order valence-corrected chi connectivity index (χ0v) is 11.2. The molecule has 0 unspecified atom stereocenters. The van der Waals surface area contributed by atoms with Gasteiger partial charge >= 0.3 is 12.0 Å². The van der Waals surface area contributed by atoms with Gasteiger partial charge in [-0.1, -0.05) is 18.2 Å². The molecule has 2 rings (SSSR count). The molecule has 1 amide bonds. The van der Waals surface area contributed by atoms with Crippen LogP contribution in [0.25, 0.3) is 0 Å². The van der Waals surface area contributed by atoms with Crippen LogP contribution in [0.15, 0.2) is 30.3 Å². The van der Waals surface area contributed by atoms with E-state index in [0.717, 1.165) is 0 Å². The third-order valence-electron chi connectivity index (χ3n) is 2.45. The highest BCUT2D eigenvalue weighted by Crippen LogP contribution is 2.08. The van der Waals surface area contributed by atoms with Crippen molar-refractivity contribution in [3.63, 3.8) is 0 Å². The summed E-state index contributed by atoms with van der Waals surface area (Å²) in [5, 5.41) is 2.72. The summed E-state index contributed by atoms with van der Waals surface area (Å²) in [7, 11) is 2.89. The lowest BCUT2D eigenvalue weighted by molar-refractivity contribution is 0.0949. The number of benzene rings is 1. The molecule has 1 N–H and O–H groups in total. The first-order chi connectivity index (χ1) is 9.72. The highest BCUT2D eigenvalue weighted by molar-refractivity contribution is 5.93. The first-order valence-corrected chi connectivity index (χ1v) is 5.89. The van der Waals surface area contributed by atoms with Crippen molar-refractivity contribution >= 4 is 5.91 Å². The van der Waals surface area contributed by atoms with E-state index in [1.807, 2.05) is 6.07 Å². The van der Waals surface area contributed by atoms with Crippen molar-refractivity contribution in [2.45, 2.75) is 6.54 Å². The number of aromatic nitrogens is 3. The second-order valence-corrected chi connectivity index (χ2v) is 3.77. The molecule has 0 saturated heterocycles. The van der Waals surface area contributed by atoms with Crippen LogP contribution < -0.4 is 14.8 Å². The van der Waals surface area contributed by atoms with E-state index in [1.54, 1.807) is 24.3 Å². The molecule has 0 aliphatic rings. The van der Waals surface area contributed by atoms with E-state index in [-0.39, 0.29) is 24.5 Å². The van der Waals surface area contributed by atoms with Gasteiger partial charge in [0.25, 0.3) is 5.91 Å². The molecule has 1 heterocycles. The number of nitrogens with zero attached hydrogens (tertiary/aromatic N) is 3. The Balaban J connectivity index is 2.05. The first-order valence-electron chi connectivity index (χ1n) is 5.89. The third kappa shape index (κ3) is 3.41. The Morgan fingerprint density at radius 2 is 1.65 bits per heavy atom. The van der Waals surface area contributed by atoms with Crippen LogP contribution in [0.1, 0.15) is 16.2 Å². The van der Waals surface area contributed by atoms with Gasteiger partial charge in [-0.25, -0.2) is 0 Å². The largest absolute Gasteiger partial charge is 0.467 e. The Labute approximate surface area is 116 Å². The molecule has 0 aliphatic carbocycles. The predicted molar refractivity (Wildman–Crippen MR) is 70.5 cm³/mol. The highest BCUT2D eigenvalue weighted by Gasteiger charge is 2.09. The normalized spacial score (nSPS) is 9.90. The minimum absolute atomic E-state index is 0.140. The molecule has 2 aromatic rings. The van der Waals surface area contributed by atoms with Crippen LogP contribution in [0.3, 0.4) is 0 Å². The van der Waals surface area contributed by atoms with Crippen molar-refractivity contribution in [3.05, 3.63) is 41.7 Å². The number of nitrogens with one attached hydrogen (secondary N) is 1. The Kier molecular flexibility index (Phi) is 4.43. The van der Waals surface area contributed by atoms with E-state index in [4.69, 9.17) is 9.47 Å². The average molecular weight is 274 g/mol. The molecule has 20 heavy (non-hydrogen) atoms. The Hall–Kier alpha value is -2.70. The van der Waals surface area contributed by atoms with Crippen molar-refractivity contribution in [1.29, 1.82) is 0 Å². The topological polar surface area (TPSA) is 86.2 Å². The average Bonchev–Trinajstić information content (AvgIpc) is 2.53. The second-order valence-electron chi connectivity index (χ2n) is 3.77. The molecule has 7 heteroatoms. The summed E-state index contributed by atoms with van der Waals surface area (Å²) in [5.74, 6) is 0.155. The molecule has 0 saturated carbocycles. The van der Waals surface area contributed by atoms with Gasteiger partial charge in [-0.2, -0.15) is 9.97 Å². The summed E-state index contributed by atoms with van der Waals surface area (Å²) in [6.45, 7) is 0.156. The molecule has 0 radical (unpaired) electrons. The van der Waals surface area contributed by atoms with E-state index < -0.39 is 0 Å². The summed E-state index contributed by atoms with van der Waals surface area (Å²) in [4.78, 5) is 23.8. The molecular weight excluding hydrogens is 260 g/mol. The molecule has 0 aliphatic heterocycles. The first kappa shape index (κ1) is 13.7. The summed E-state index contributed by atoms with van der Waals surface area (Å²) in [6, 6.07) is 9.17. The quantitative estimate of drug-likeness (QED) is 0.868. The molecule has 104 valence electrons. The lowest BCUT2D eigenvalue weighted by Crippen LogP contribution is -2.24. The maximum atomic E-state index is 11.9. The maximum absolute atomic E-state index is 11.9. The smallest absolute Gasteiger partial charge is 0.322 e. The van der Waals surface area contributed by atoms with Crippen molar-refractivity contribution in [1.82, 2.24) is 20.3 Å². The third-order valence-corrected chi connectivity index (χ3v) is 2.45. The number of rotatable bonds is 5. The maximum Gasteiger partial charge on any atom is 0.322 e. The number of hydrogen-bond acceptors (Lipinski definition) is 6. The summed E-state index contributed by atoms with van der Waals surface area (Å²) in [5.41, 5.74) is 0.570. The van der Waals surface area contributed by atoms with Crippen LogP contribution in [-0.4, -0.2) is 35.1 Å². The van der Waals surface area contributed by atoms with Crippen molar-refractivity contribution < 1.29 is 14.3 Å². The zero-order valence-electron chi connectivity index (χ0n) is 11.2. The van der Waals surface area contributed by atoms with Crippen molar-refractivity contribution in [2.24, 2.45) is 0 Å². The molecule has 0 spiro atoms. The molecular formula is C13H14N4O3. The lowest BCUT2D eigenvalue weighted by atomic mass is 10.2. The van der Waals surface area contributed by atoms with Gasteiger partial charge in [-0.05, 0) is 12.1 Å². The SMILES string of the molecule is COc1nc(CNC(=O)c2ccccc2)nc(OC)n1. The number of carbonyl (C=O) groups excluding carboxylic acids is 1. The molecule has 0 atom stereocenters. The summed E-state index contributed by atoms with van der Waals surface area (Å²) < 4.78 is 9.87. The molecule has 1 aromatic heterocycles. The fourth-order valence-corrected chi connectivity index (χ4v) is 1.49. The number of carbonyl (C=O) groups is 1. The highest BCUT2D eigenvalue weighted by atomic mass is 16.5. The van der Waals surface area contributed by atoms with E-state index >= 15 is 0 Å². The number of ether oxygens (including phenoxy) is 2. The van der Waals surface area contributed by atoms with Crippen LogP contribution in [-0.2, 0) is 6.54 Å². The van der Waals surface area contributed by atoms with Crippen LogP contribution in [0.4, 0.5) is 0 Å². The van der Waals surface area contributed by atoms with Gasteiger partial charge in [-0.15, -0.1) is 4.98 Å². The molecule has 7 nitrogen and oxygen atoms in total. The van der Waals surface area contributed by atoms with Crippen LogP contribution in [0.5, 0.6) is 12.0 Å². The standard InChI is InChI=1S/C13H14N4O3/c1-19-12-15-10(16-13(17-12)20-2)8-14-11(18)9-6-4-3-5-7-9/h3-7H,8H2,1-2H3,(H,14,18). The van der Waals surface area contributed by atoms with Gasteiger partial charge < -0.3 is 14.8 Å². The number of hydrogen-bond donors (Lipinski definition) is 1. The van der Waals surface area contributed by atoms with Gasteiger partial charge in [0.2, 0.25) is 0 Å². The van der Waals surface area contributed by atoms with Gasteiger partial charge in [0.1, 0.15) is 0 Å². The Morgan fingerprint density at radius 1 is 1.05 bits per heavy atom. The van der Waals surface area contributed by atoms with Crippen LogP contribution in [0.2, 0.25) is 0 Å². The van der Waals surface area contributed by atoms with Crippen molar-refractivity contribution in [2.75, 3.05) is 14.2 Å². The number of amides is 1. The summed E-state index contributed by atoms with van der Waals surface area (Å²) in [6.07, 6.45) is 0. The van der Waals surface area contributed by atoms with Gasteiger partial charge in [-0.3, -0.25) is 4.79 Å². The fraction of sp³-hybridized carbons (Fsp3) is 0.231. The fourth-order valence-electron chi connectivity index (χ4n) is 1.49. The van der Waals surface area contributed by atoms with Crippen molar-refractivity contribution in [3.8, 4) is 12.0 Å². The summed E-state index contributed by atoms with van der Waals surface area (Å²) >= 11 is 0. The monoisotopic (exact) mass is 274 g/mol. The minimum atomic E-state index is -0.205. The minimum Gasteiger partial charge on any atom is -0.467 e. The predicted octanol–water partition coefficient (Wildman–Crippen LogP) is 0.819. The molecule has 0 fully saturated rings. The van der Waals surface area contributed by atoms with Gasteiger partial charge in [0.05, 0.1) is 20.8 Å². The molecule has 1 aromatic carbocycles. The van der Waals surface area contributed by atoms with Crippen LogP contribution >= 0.6 is 0 Å². The molecule has 0 bridgehead atoms. The van der Waals surface area contributed by atoms with E-state index in [1.165, 1.54) is 14.2 Å². The van der Waals surface area contributed by atoms with E-state index in [9.17, 15) is 4.79 Å². The van der Waals surface area contributed by atoms with Gasteiger partial charge in [0.15, 0.2) is 5.82 Å². The Bertz CT molecular complexity index is 567. The second kappa shape index (κ2) is 6.46. The van der Waals surface area contributed by atoms with E-state index in [0.29, 0.717) is 11.4 Å². The number of methoxy groups -OCH3 is 2. The Morgan fingerprint density at radius 3 is 2.20 bits per heavy atom. The van der Waals surface area contributed by atoms with E-state index in [2.05, 4.69) is 20.3 Å². The zero-order chi connectivity index (χ0) is 14.4. The van der Waals surface area contributed by atoms with Crippen LogP contribution in [0, 0.1) is 0 Å². The lowest BCUT2D eigenvalue weighted by Gasteiger charge is -2.06.